The molecule has 0 aromatic carbocycles. The molecule has 20 heavy (non-hydrogen) atoms. The van der Waals surface area contributed by atoms with Gasteiger partial charge in [0.25, 0.3) is 0 Å². The summed E-state index contributed by atoms with van der Waals surface area (Å²) in [6.45, 7) is -4.22. The maximum Gasteiger partial charge on any atom is 0.425 e. The lowest BCUT2D eigenvalue weighted by molar-refractivity contribution is -0.222. The first-order valence-corrected chi connectivity index (χ1v) is 9.01. The van der Waals surface area contributed by atoms with Gasteiger partial charge in [0.05, 0.1) is 0 Å². The monoisotopic (exact) mass is 371 g/mol. The molecule has 0 amide bonds. The van der Waals surface area contributed by atoms with Crippen LogP contribution in [0.2, 0.25) is 0 Å². The van der Waals surface area contributed by atoms with Crippen LogP contribution < -0.4 is 0 Å². The summed E-state index contributed by atoms with van der Waals surface area (Å²) in [5.41, 5.74) is 0. The van der Waals surface area contributed by atoms with E-state index in [1.54, 1.807) is 0 Å². The van der Waals surface area contributed by atoms with Crippen LogP contribution in [0.4, 0.5) is 34.3 Å². The number of alkyl halides is 4. The van der Waals surface area contributed by atoms with Crippen LogP contribution in [0, 0.1) is 0 Å². The van der Waals surface area contributed by atoms with Gasteiger partial charge in [-0.1, -0.05) is 0 Å². The molecule has 0 N–H and O–H groups in total. The molecule has 0 aromatic heterocycles. The second kappa shape index (κ2) is 4.52. The quantitative estimate of drug-likeness (QED) is 0.385. The molecule has 0 atom stereocenters. The standard InChI is InChI=1S/C4H4F8N3O2P3/c5-3(6)1-16-20(17-2-4(3,7)8)14-18(9,10)13-19(11,12)15-20/h1-2H2. The molecule has 2 rings (SSSR count). The van der Waals surface area contributed by atoms with Gasteiger partial charge in [0, 0.05) is 0 Å². The van der Waals surface area contributed by atoms with E-state index in [1.807, 2.05) is 4.52 Å². The molecule has 0 aromatic rings. The minimum absolute atomic E-state index is 1.81. The van der Waals surface area contributed by atoms with Gasteiger partial charge in [-0.05, 0) is 0 Å². The van der Waals surface area contributed by atoms with E-state index in [1.165, 1.54) is 0 Å². The molecule has 5 nitrogen and oxygen atoms in total. The van der Waals surface area contributed by atoms with E-state index in [0.717, 1.165) is 0 Å². The topological polar surface area (TPSA) is 55.5 Å². The Hall–Kier alpha value is 0.0500. The molecule has 0 unspecified atom stereocenters. The second-order valence-corrected chi connectivity index (χ2v) is 9.09. The molecule has 2 aliphatic rings. The van der Waals surface area contributed by atoms with Crippen molar-refractivity contribution in [1.82, 2.24) is 0 Å². The average Bonchev–Trinajstić information content (AvgIpc) is 2.25. The summed E-state index contributed by atoms with van der Waals surface area (Å²) in [6, 6.07) is 0. The van der Waals surface area contributed by atoms with Crippen LogP contribution in [0.5, 0.6) is 0 Å². The molecule has 0 bridgehead atoms. The fraction of sp³-hybridized carbons (Fsp3) is 1.00. The zero-order chi connectivity index (χ0) is 15.4. The third-order valence-electron chi connectivity index (χ3n) is 2.02. The van der Waals surface area contributed by atoms with Crippen molar-refractivity contribution in [3.05, 3.63) is 0 Å². The molecular formula is C4H4F8N3O2P3. The Morgan fingerprint density at radius 2 is 1.10 bits per heavy atom. The third-order valence-corrected chi connectivity index (χ3v) is 8.20. The first-order valence-electron chi connectivity index (χ1n) is 4.53. The number of rotatable bonds is 0. The van der Waals surface area contributed by atoms with Gasteiger partial charge in [0.1, 0.15) is 13.2 Å². The van der Waals surface area contributed by atoms with Crippen molar-refractivity contribution in [2.24, 2.45) is 13.5 Å². The van der Waals surface area contributed by atoms with Gasteiger partial charge < -0.3 is 0 Å². The third kappa shape index (κ3) is 3.11. The lowest BCUT2D eigenvalue weighted by Gasteiger charge is -2.21. The zero-order valence-corrected chi connectivity index (χ0v) is 11.6. The lowest BCUT2D eigenvalue weighted by atomic mass is 10.2. The summed E-state index contributed by atoms with van der Waals surface area (Å²) < 4.78 is 118. The van der Waals surface area contributed by atoms with E-state index in [9.17, 15) is 34.3 Å². The molecule has 0 radical (unpaired) electrons. The highest BCUT2D eigenvalue weighted by molar-refractivity contribution is 7.77. The van der Waals surface area contributed by atoms with Crippen LogP contribution in [0.15, 0.2) is 13.5 Å². The summed E-state index contributed by atoms with van der Waals surface area (Å²) in [6.07, 6.45) is 0. The zero-order valence-electron chi connectivity index (χ0n) is 8.94. The predicted octanol–water partition coefficient (Wildman–Crippen LogP) is 6.03. The molecule has 2 aliphatic heterocycles. The molecule has 2 heterocycles. The highest BCUT2D eigenvalue weighted by Gasteiger charge is 2.61. The molecule has 16 heteroatoms. The van der Waals surface area contributed by atoms with Crippen LogP contribution in [-0.4, -0.2) is 25.1 Å². The lowest BCUT2D eigenvalue weighted by Crippen LogP contribution is -2.45. The molecular weight excluding hydrogens is 367 g/mol. The second-order valence-electron chi connectivity index (χ2n) is 3.63. The maximum atomic E-state index is 13.0. The van der Waals surface area contributed by atoms with Gasteiger partial charge in [0.2, 0.25) is 0 Å². The number of hydrogen-bond acceptors (Lipinski definition) is 5. The van der Waals surface area contributed by atoms with Crippen molar-refractivity contribution in [3.8, 4) is 0 Å². The predicted molar refractivity (Wildman–Crippen MR) is 54.3 cm³/mol. The molecule has 1 spiro atoms. The summed E-state index contributed by atoms with van der Waals surface area (Å²) in [5, 5.41) is 0. The Balaban J connectivity index is 2.53. The number of hydrogen-bond donors (Lipinski definition) is 0. The average molecular weight is 371 g/mol. The maximum absolute atomic E-state index is 13.0. The van der Waals surface area contributed by atoms with Crippen LogP contribution in [0.3, 0.4) is 0 Å². The summed E-state index contributed by atoms with van der Waals surface area (Å²) in [7, 11) is -16.8. The van der Waals surface area contributed by atoms with Crippen LogP contribution in [0.1, 0.15) is 0 Å². The van der Waals surface area contributed by atoms with Gasteiger partial charge in [-0.2, -0.15) is 17.6 Å². The first-order chi connectivity index (χ1) is 8.79. The normalized spacial score (nSPS) is 32.4. The van der Waals surface area contributed by atoms with Crippen LogP contribution in [-0.2, 0) is 9.05 Å². The fourth-order valence-electron chi connectivity index (χ4n) is 1.14. The Bertz CT molecular complexity index is 562. The van der Waals surface area contributed by atoms with Crippen molar-refractivity contribution < 1.29 is 43.4 Å². The molecule has 1 fully saturated rings. The van der Waals surface area contributed by atoms with Gasteiger partial charge in [-0.25, -0.2) is 0 Å². The highest BCUT2D eigenvalue weighted by atomic mass is 31.3. The molecule has 0 saturated carbocycles. The Morgan fingerprint density at radius 3 is 1.50 bits per heavy atom. The van der Waals surface area contributed by atoms with Crippen molar-refractivity contribution in [1.29, 1.82) is 0 Å². The van der Waals surface area contributed by atoms with E-state index < -0.39 is 48.4 Å². The fourth-order valence-corrected chi connectivity index (χ4v) is 7.31. The van der Waals surface area contributed by atoms with Crippen molar-refractivity contribution in [2.75, 3.05) is 13.2 Å². The Morgan fingerprint density at radius 1 is 0.700 bits per heavy atom. The van der Waals surface area contributed by atoms with E-state index in [2.05, 4.69) is 18.1 Å². The molecule has 118 valence electrons. The van der Waals surface area contributed by atoms with Gasteiger partial charge in [-0.3, -0.25) is 9.05 Å². The smallest absolute Gasteiger partial charge is 0.300 e. The number of halogens is 8. The van der Waals surface area contributed by atoms with Crippen molar-refractivity contribution >= 4 is 23.3 Å². The molecule has 1 saturated heterocycles. The van der Waals surface area contributed by atoms with Crippen molar-refractivity contribution in [3.63, 3.8) is 0 Å². The van der Waals surface area contributed by atoms with E-state index in [0.29, 0.717) is 0 Å². The summed E-state index contributed by atoms with van der Waals surface area (Å²) >= 11 is 0. The van der Waals surface area contributed by atoms with Gasteiger partial charge in [-0.15, -0.1) is 30.3 Å². The highest BCUT2D eigenvalue weighted by Crippen LogP contribution is 2.82. The van der Waals surface area contributed by atoms with E-state index in [4.69, 9.17) is 0 Å². The number of nitrogens with zero attached hydrogens (tertiary/aromatic N) is 3. The largest absolute Gasteiger partial charge is 0.425 e. The minimum Gasteiger partial charge on any atom is -0.300 e. The summed E-state index contributed by atoms with van der Waals surface area (Å²) in [5.74, 6) is -9.56. The molecule has 0 aliphatic carbocycles. The van der Waals surface area contributed by atoms with E-state index >= 15 is 0 Å². The SMILES string of the molecule is FC1(F)COP2(=NP(F)(F)=NP(F)(F)=N2)OCC1(F)F. The van der Waals surface area contributed by atoms with E-state index in [-0.39, 0.29) is 0 Å². The van der Waals surface area contributed by atoms with Gasteiger partial charge in [0.15, 0.2) is 0 Å². The minimum atomic E-state index is -5.93. The Kier molecular flexibility index (Phi) is 3.71. The van der Waals surface area contributed by atoms with Crippen LogP contribution in [0.25, 0.3) is 0 Å². The first kappa shape index (κ1) is 16.4. The summed E-state index contributed by atoms with van der Waals surface area (Å²) in [4.78, 5) is 0. The van der Waals surface area contributed by atoms with Gasteiger partial charge >= 0.3 is 35.2 Å². The van der Waals surface area contributed by atoms with Crippen LogP contribution >= 0.6 is 23.3 Å². The Labute approximate surface area is 106 Å². The van der Waals surface area contributed by atoms with Crippen molar-refractivity contribution in [2.45, 2.75) is 11.8 Å².